The summed E-state index contributed by atoms with van der Waals surface area (Å²) in [5.74, 6) is -0.564. The predicted octanol–water partition coefficient (Wildman–Crippen LogP) is 3.95. The molecule has 13 heavy (non-hydrogen) atoms. The highest BCUT2D eigenvalue weighted by atomic mass is 35.5. The van der Waals surface area contributed by atoms with Gasteiger partial charge in [0, 0.05) is 12.2 Å². The number of anilines is 1. The van der Waals surface area contributed by atoms with Crippen molar-refractivity contribution >= 4 is 28.9 Å². The molecule has 1 N–H and O–H groups in total. The van der Waals surface area contributed by atoms with E-state index in [1.54, 1.807) is 0 Å². The Balaban J connectivity index is 2.86. The molecule has 0 fully saturated rings. The minimum Gasteiger partial charge on any atom is -0.385 e. The Labute approximate surface area is 86.8 Å². The van der Waals surface area contributed by atoms with Gasteiger partial charge < -0.3 is 5.32 Å². The highest BCUT2D eigenvalue weighted by Crippen LogP contribution is 2.27. The van der Waals surface area contributed by atoms with E-state index in [9.17, 15) is 4.39 Å². The molecular formula is C9H10Cl2FN. The summed E-state index contributed by atoms with van der Waals surface area (Å²) in [6, 6.07) is 3.05. The van der Waals surface area contributed by atoms with Gasteiger partial charge in [0.2, 0.25) is 0 Å². The quantitative estimate of drug-likeness (QED) is 0.763. The fourth-order valence-corrected chi connectivity index (χ4v) is 1.41. The molecule has 1 rings (SSSR count). The molecule has 1 nitrogen and oxygen atoms in total. The second kappa shape index (κ2) is 4.68. The first-order valence-corrected chi connectivity index (χ1v) is 4.79. The van der Waals surface area contributed by atoms with Crippen molar-refractivity contribution in [1.82, 2.24) is 0 Å². The molecule has 0 aromatic heterocycles. The van der Waals surface area contributed by atoms with Gasteiger partial charge in [-0.25, -0.2) is 4.39 Å². The van der Waals surface area contributed by atoms with Crippen LogP contribution in [0.4, 0.5) is 10.1 Å². The third kappa shape index (κ3) is 2.75. The zero-order valence-electron chi connectivity index (χ0n) is 7.20. The lowest BCUT2D eigenvalue weighted by molar-refractivity contribution is 0.629. The van der Waals surface area contributed by atoms with Gasteiger partial charge in [0.1, 0.15) is 0 Å². The molecule has 0 aliphatic rings. The molecule has 1 aromatic rings. The largest absolute Gasteiger partial charge is 0.385 e. The van der Waals surface area contributed by atoms with Crippen molar-refractivity contribution in [3.8, 4) is 0 Å². The van der Waals surface area contributed by atoms with Crippen LogP contribution in [0.3, 0.4) is 0 Å². The lowest BCUT2D eigenvalue weighted by atomic mass is 10.3. The Morgan fingerprint density at radius 2 is 1.85 bits per heavy atom. The maximum Gasteiger partial charge on any atom is 0.160 e. The van der Waals surface area contributed by atoms with Crippen molar-refractivity contribution in [2.45, 2.75) is 13.3 Å². The van der Waals surface area contributed by atoms with E-state index in [-0.39, 0.29) is 10.0 Å². The van der Waals surface area contributed by atoms with Gasteiger partial charge in [0.15, 0.2) is 5.82 Å². The standard InChI is InChI=1S/C9H10Cl2FN/c1-2-3-13-6-4-7(10)9(12)8(11)5-6/h4-5,13H,2-3H2,1H3. The highest BCUT2D eigenvalue weighted by molar-refractivity contribution is 6.35. The smallest absolute Gasteiger partial charge is 0.160 e. The van der Waals surface area contributed by atoms with E-state index < -0.39 is 5.82 Å². The summed E-state index contributed by atoms with van der Waals surface area (Å²) in [4.78, 5) is 0. The average Bonchev–Trinajstić information content (AvgIpc) is 2.10. The second-order valence-electron chi connectivity index (χ2n) is 2.68. The fourth-order valence-electron chi connectivity index (χ4n) is 0.927. The van der Waals surface area contributed by atoms with Crippen LogP contribution in [-0.4, -0.2) is 6.54 Å². The first-order valence-electron chi connectivity index (χ1n) is 4.03. The van der Waals surface area contributed by atoms with Crippen molar-refractivity contribution in [3.63, 3.8) is 0 Å². The molecule has 72 valence electrons. The summed E-state index contributed by atoms with van der Waals surface area (Å²) in [5, 5.41) is 3.16. The van der Waals surface area contributed by atoms with E-state index in [1.807, 2.05) is 6.92 Å². The number of rotatable bonds is 3. The van der Waals surface area contributed by atoms with E-state index in [4.69, 9.17) is 23.2 Å². The van der Waals surface area contributed by atoms with Crippen LogP contribution in [-0.2, 0) is 0 Å². The molecule has 0 amide bonds. The Hall–Kier alpha value is -0.470. The molecule has 4 heteroatoms. The third-order valence-corrected chi connectivity index (χ3v) is 2.11. The van der Waals surface area contributed by atoms with Gasteiger partial charge >= 0.3 is 0 Å². The fraction of sp³-hybridized carbons (Fsp3) is 0.333. The van der Waals surface area contributed by atoms with Crippen LogP contribution in [0, 0.1) is 5.82 Å². The Morgan fingerprint density at radius 1 is 1.31 bits per heavy atom. The van der Waals surface area contributed by atoms with Gasteiger partial charge in [0.05, 0.1) is 10.0 Å². The summed E-state index contributed by atoms with van der Waals surface area (Å²) in [5.41, 5.74) is 0.748. The Kier molecular flexibility index (Phi) is 3.82. The SMILES string of the molecule is CCCNc1cc(Cl)c(F)c(Cl)c1. The number of halogens is 3. The van der Waals surface area contributed by atoms with Gasteiger partial charge in [-0.15, -0.1) is 0 Å². The molecule has 0 saturated carbocycles. The van der Waals surface area contributed by atoms with Crippen LogP contribution >= 0.6 is 23.2 Å². The van der Waals surface area contributed by atoms with E-state index in [2.05, 4.69) is 5.32 Å². The molecule has 0 aliphatic carbocycles. The summed E-state index contributed by atoms with van der Waals surface area (Å²) in [7, 11) is 0. The molecule has 0 spiro atoms. The van der Waals surface area contributed by atoms with Gasteiger partial charge in [-0.1, -0.05) is 30.1 Å². The van der Waals surface area contributed by atoms with E-state index in [0.29, 0.717) is 0 Å². The molecule has 1 aromatic carbocycles. The first kappa shape index (κ1) is 10.6. The molecule has 0 unspecified atom stereocenters. The maximum absolute atomic E-state index is 12.9. The normalized spacial score (nSPS) is 10.2. The molecule has 0 heterocycles. The van der Waals surface area contributed by atoms with Gasteiger partial charge in [-0.2, -0.15) is 0 Å². The maximum atomic E-state index is 12.9. The van der Waals surface area contributed by atoms with Crippen LogP contribution in [0.1, 0.15) is 13.3 Å². The van der Waals surface area contributed by atoms with Gasteiger partial charge in [-0.05, 0) is 18.6 Å². The summed E-state index contributed by atoms with van der Waals surface area (Å²) in [6.45, 7) is 2.86. The molecule has 0 bridgehead atoms. The zero-order chi connectivity index (χ0) is 9.84. The molecule has 0 radical (unpaired) electrons. The molecule has 0 atom stereocenters. The number of nitrogens with one attached hydrogen (secondary N) is 1. The topological polar surface area (TPSA) is 12.0 Å². The van der Waals surface area contributed by atoms with E-state index >= 15 is 0 Å². The van der Waals surface area contributed by atoms with Crippen molar-refractivity contribution < 1.29 is 4.39 Å². The van der Waals surface area contributed by atoms with Crippen molar-refractivity contribution in [2.75, 3.05) is 11.9 Å². The van der Waals surface area contributed by atoms with Gasteiger partial charge in [-0.3, -0.25) is 0 Å². The van der Waals surface area contributed by atoms with Crippen LogP contribution in [0.2, 0.25) is 10.0 Å². The van der Waals surface area contributed by atoms with Crippen LogP contribution in [0.5, 0.6) is 0 Å². The van der Waals surface area contributed by atoms with E-state index in [1.165, 1.54) is 12.1 Å². The van der Waals surface area contributed by atoms with Gasteiger partial charge in [0.25, 0.3) is 0 Å². The lowest BCUT2D eigenvalue weighted by Gasteiger charge is -2.06. The third-order valence-electron chi connectivity index (χ3n) is 1.56. The monoisotopic (exact) mass is 221 g/mol. The highest BCUT2D eigenvalue weighted by Gasteiger charge is 2.06. The minimum atomic E-state index is -0.564. The van der Waals surface area contributed by atoms with Crippen molar-refractivity contribution in [1.29, 1.82) is 0 Å². The number of benzene rings is 1. The predicted molar refractivity (Wildman–Crippen MR) is 55.2 cm³/mol. The van der Waals surface area contributed by atoms with Crippen LogP contribution < -0.4 is 5.32 Å². The summed E-state index contributed by atoms with van der Waals surface area (Å²) in [6.07, 6.45) is 0.993. The summed E-state index contributed by atoms with van der Waals surface area (Å²) >= 11 is 11.2. The first-order chi connectivity index (χ1) is 6.15. The molecular weight excluding hydrogens is 212 g/mol. The molecule has 0 aliphatic heterocycles. The van der Waals surface area contributed by atoms with Crippen LogP contribution in [0.25, 0.3) is 0 Å². The number of hydrogen-bond donors (Lipinski definition) is 1. The van der Waals surface area contributed by atoms with Crippen molar-refractivity contribution in [2.24, 2.45) is 0 Å². The minimum absolute atomic E-state index is 0.0473. The summed E-state index contributed by atoms with van der Waals surface area (Å²) < 4.78 is 12.9. The Morgan fingerprint density at radius 3 is 2.31 bits per heavy atom. The van der Waals surface area contributed by atoms with E-state index in [0.717, 1.165) is 18.7 Å². The van der Waals surface area contributed by atoms with Crippen LogP contribution in [0.15, 0.2) is 12.1 Å². The van der Waals surface area contributed by atoms with Crippen molar-refractivity contribution in [3.05, 3.63) is 28.0 Å². The Bertz CT molecular complexity index is 279. The number of hydrogen-bond acceptors (Lipinski definition) is 1. The molecule has 0 saturated heterocycles. The lowest BCUT2D eigenvalue weighted by Crippen LogP contribution is -1.99. The average molecular weight is 222 g/mol. The zero-order valence-corrected chi connectivity index (χ0v) is 8.71. The second-order valence-corrected chi connectivity index (χ2v) is 3.50.